The first-order valence-corrected chi connectivity index (χ1v) is 10.0. The van der Waals surface area contributed by atoms with E-state index < -0.39 is 0 Å². The summed E-state index contributed by atoms with van der Waals surface area (Å²) in [6.07, 6.45) is 3.50. The minimum absolute atomic E-state index is 0.0125. The Hall–Kier alpha value is -2.92. The molecule has 1 saturated heterocycles. The smallest absolute Gasteiger partial charge is 0.246 e. The van der Waals surface area contributed by atoms with Crippen molar-refractivity contribution in [2.45, 2.75) is 20.8 Å². The summed E-state index contributed by atoms with van der Waals surface area (Å²) in [5.74, 6) is 0.00709. The molecule has 1 aliphatic rings. The van der Waals surface area contributed by atoms with E-state index in [-0.39, 0.29) is 11.8 Å². The van der Waals surface area contributed by atoms with Gasteiger partial charge in [0.2, 0.25) is 11.8 Å². The standard InChI is InChI=1S/C24H29N3O2/c1-18-6-4-9-21(16-18)10-11-23(29)27-14-12-26(13-15-27)17-22(28)25-24-19(2)7-5-8-20(24)3/h4-11,16H,12-15,17H2,1-3H3,(H,25,28)/b11-10+. The van der Waals surface area contributed by atoms with Gasteiger partial charge in [-0.25, -0.2) is 0 Å². The SMILES string of the molecule is Cc1cccc(/C=C/C(=O)N2CCN(CC(=O)Nc3c(C)cccc3C)CC2)c1. The third-order valence-corrected chi connectivity index (χ3v) is 5.26. The molecule has 5 nitrogen and oxygen atoms in total. The number of nitrogens with zero attached hydrogens (tertiary/aromatic N) is 2. The van der Waals surface area contributed by atoms with Crippen molar-refractivity contribution in [1.82, 2.24) is 9.80 Å². The Morgan fingerprint density at radius 1 is 0.966 bits per heavy atom. The highest BCUT2D eigenvalue weighted by Crippen LogP contribution is 2.19. The summed E-state index contributed by atoms with van der Waals surface area (Å²) in [7, 11) is 0. The van der Waals surface area contributed by atoms with Gasteiger partial charge < -0.3 is 10.2 Å². The van der Waals surface area contributed by atoms with E-state index in [1.165, 1.54) is 5.56 Å². The lowest BCUT2D eigenvalue weighted by Crippen LogP contribution is -2.50. The number of hydrogen-bond donors (Lipinski definition) is 1. The fraction of sp³-hybridized carbons (Fsp3) is 0.333. The lowest BCUT2D eigenvalue weighted by Gasteiger charge is -2.33. The average molecular weight is 392 g/mol. The lowest BCUT2D eigenvalue weighted by atomic mass is 10.1. The molecule has 5 heteroatoms. The van der Waals surface area contributed by atoms with Crippen LogP contribution in [-0.4, -0.2) is 54.3 Å². The van der Waals surface area contributed by atoms with E-state index in [0.717, 1.165) is 22.4 Å². The molecule has 0 radical (unpaired) electrons. The van der Waals surface area contributed by atoms with Crippen LogP contribution in [0.3, 0.4) is 0 Å². The van der Waals surface area contributed by atoms with Gasteiger partial charge in [0.25, 0.3) is 0 Å². The quantitative estimate of drug-likeness (QED) is 0.795. The zero-order valence-electron chi connectivity index (χ0n) is 17.4. The van der Waals surface area contributed by atoms with Crippen LogP contribution in [0.4, 0.5) is 5.69 Å². The molecule has 0 unspecified atom stereocenters. The number of carbonyl (C=O) groups is 2. The fourth-order valence-corrected chi connectivity index (χ4v) is 3.57. The summed E-state index contributed by atoms with van der Waals surface area (Å²) in [6.45, 7) is 9.04. The summed E-state index contributed by atoms with van der Waals surface area (Å²) in [6, 6.07) is 14.1. The van der Waals surface area contributed by atoms with Crippen molar-refractivity contribution >= 4 is 23.6 Å². The maximum absolute atomic E-state index is 12.4. The second-order valence-electron chi connectivity index (χ2n) is 7.66. The Labute approximate surface area is 173 Å². The molecule has 2 amide bonds. The molecule has 152 valence electrons. The number of piperazine rings is 1. The number of benzene rings is 2. The second kappa shape index (κ2) is 9.52. The fourth-order valence-electron chi connectivity index (χ4n) is 3.57. The van der Waals surface area contributed by atoms with Crippen LogP contribution in [0, 0.1) is 20.8 Å². The first-order chi connectivity index (χ1) is 13.9. The van der Waals surface area contributed by atoms with E-state index in [4.69, 9.17) is 0 Å². The van der Waals surface area contributed by atoms with Gasteiger partial charge in [-0.3, -0.25) is 14.5 Å². The number of carbonyl (C=O) groups excluding carboxylic acids is 2. The molecule has 0 spiro atoms. The summed E-state index contributed by atoms with van der Waals surface area (Å²) in [4.78, 5) is 28.8. The number of para-hydroxylation sites is 1. The minimum Gasteiger partial charge on any atom is -0.337 e. The molecule has 0 bridgehead atoms. The van der Waals surface area contributed by atoms with Gasteiger partial charge in [0, 0.05) is 37.9 Å². The molecule has 1 aliphatic heterocycles. The molecular weight excluding hydrogens is 362 g/mol. The third kappa shape index (κ3) is 5.78. The van der Waals surface area contributed by atoms with Crippen molar-refractivity contribution in [3.63, 3.8) is 0 Å². The topological polar surface area (TPSA) is 52.7 Å². The zero-order chi connectivity index (χ0) is 20.8. The molecule has 3 rings (SSSR count). The Morgan fingerprint density at radius 2 is 1.62 bits per heavy atom. The molecule has 2 aromatic rings. The highest BCUT2D eigenvalue weighted by molar-refractivity contribution is 5.94. The van der Waals surface area contributed by atoms with E-state index in [9.17, 15) is 9.59 Å². The summed E-state index contributed by atoms with van der Waals surface area (Å²) in [5.41, 5.74) is 5.23. The van der Waals surface area contributed by atoms with Crippen LogP contribution in [0.15, 0.2) is 48.5 Å². The normalized spacial score (nSPS) is 14.9. The van der Waals surface area contributed by atoms with Gasteiger partial charge in [-0.15, -0.1) is 0 Å². The maximum atomic E-state index is 12.4. The highest BCUT2D eigenvalue weighted by Gasteiger charge is 2.21. The molecule has 0 atom stereocenters. The van der Waals surface area contributed by atoms with Gasteiger partial charge in [0.1, 0.15) is 0 Å². The molecule has 0 aromatic heterocycles. The first-order valence-electron chi connectivity index (χ1n) is 10.0. The van der Waals surface area contributed by atoms with Crippen molar-refractivity contribution in [2.75, 3.05) is 38.0 Å². The Morgan fingerprint density at radius 3 is 2.28 bits per heavy atom. The molecule has 1 heterocycles. The van der Waals surface area contributed by atoms with Crippen molar-refractivity contribution in [2.24, 2.45) is 0 Å². The van der Waals surface area contributed by atoms with E-state index in [2.05, 4.69) is 16.3 Å². The number of rotatable bonds is 5. The van der Waals surface area contributed by atoms with Crippen LogP contribution in [0.5, 0.6) is 0 Å². The molecule has 0 saturated carbocycles. The van der Waals surface area contributed by atoms with Gasteiger partial charge >= 0.3 is 0 Å². The van der Waals surface area contributed by atoms with E-state index in [1.54, 1.807) is 6.08 Å². The minimum atomic E-state index is -0.0125. The molecule has 1 fully saturated rings. The predicted molar refractivity (Wildman–Crippen MR) is 118 cm³/mol. The molecule has 1 N–H and O–H groups in total. The molecule has 29 heavy (non-hydrogen) atoms. The van der Waals surface area contributed by atoms with Crippen molar-refractivity contribution < 1.29 is 9.59 Å². The predicted octanol–water partition coefficient (Wildman–Crippen LogP) is 3.41. The van der Waals surface area contributed by atoms with E-state index >= 15 is 0 Å². The number of hydrogen-bond acceptors (Lipinski definition) is 3. The van der Waals surface area contributed by atoms with E-state index in [0.29, 0.717) is 32.7 Å². The third-order valence-electron chi connectivity index (χ3n) is 5.26. The average Bonchev–Trinajstić information content (AvgIpc) is 2.70. The number of amides is 2. The number of nitrogens with one attached hydrogen (secondary N) is 1. The monoisotopic (exact) mass is 391 g/mol. The van der Waals surface area contributed by atoms with Crippen LogP contribution in [0.25, 0.3) is 6.08 Å². The zero-order valence-corrected chi connectivity index (χ0v) is 17.4. The number of aryl methyl sites for hydroxylation is 3. The van der Waals surface area contributed by atoms with Crippen molar-refractivity contribution in [3.8, 4) is 0 Å². The van der Waals surface area contributed by atoms with Crippen LogP contribution in [-0.2, 0) is 9.59 Å². The Bertz CT molecular complexity index is 892. The molecule has 0 aliphatic carbocycles. The second-order valence-corrected chi connectivity index (χ2v) is 7.66. The Kier molecular flexibility index (Phi) is 6.83. The first kappa shape index (κ1) is 20.8. The summed E-state index contributed by atoms with van der Waals surface area (Å²) >= 11 is 0. The van der Waals surface area contributed by atoms with Gasteiger partial charge in [-0.2, -0.15) is 0 Å². The number of anilines is 1. The molecular formula is C24H29N3O2. The van der Waals surface area contributed by atoms with Gasteiger partial charge in [0.15, 0.2) is 0 Å². The summed E-state index contributed by atoms with van der Waals surface area (Å²) < 4.78 is 0. The van der Waals surface area contributed by atoms with Gasteiger partial charge in [-0.1, -0.05) is 48.0 Å². The van der Waals surface area contributed by atoms with Gasteiger partial charge in [-0.05, 0) is 43.5 Å². The van der Waals surface area contributed by atoms with Crippen LogP contribution in [0.1, 0.15) is 22.3 Å². The van der Waals surface area contributed by atoms with E-state index in [1.807, 2.05) is 68.1 Å². The van der Waals surface area contributed by atoms with Gasteiger partial charge in [0.05, 0.1) is 6.54 Å². The summed E-state index contributed by atoms with van der Waals surface area (Å²) in [5, 5.41) is 3.03. The Balaban J connectivity index is 1.47. The van der Waals surface area contributed by atoms with Crippen molar-refractivity contribution in [1.29, 1.82) is 0 Å². The largest absolute Gasteiger partial charge is 0.337 e. The molecule has 2 aromatic carbocycles. The van der Waals surface area contributed by atoms with Crippen LogP contribution < -0.4 is 5.32 Å². The van der Waals surface area contributed by atoms with Crippen LogP contribution >= 0.6 is 0 Å². The highest BCUT2D eigenvalue weighted by atomic mass is 16.2. The van der Waals surface area contributed by atoms with Crippen molar-refractivity contribution in [3.05, 3.63) is 70.8 Å². The lowest BCUT2D eigenvalue weighted by molar-refractivity contribution is -0.127. The van der Waals surface area contributed by atoms with Crippen LogP contribution in [0.2, 0.25) is 0 Å². The maximum Gasteiger partial charge on any atom is 0.246 e.